The smallest absolute Gasteiger partial charge is 0.224 e. The molecule has 3 nitrogen and oxygen atoms in total. The van der Waals surface area contributed by atoms with Gasteiger partial charge in [-0.2, -0.15) is 0 Å². The molecule has 3 fully saturated rings. The Bertz CT molecular complexity index is 501. The Morgan fingerprint density at radius 3 is 2.79 bits per heavy atom. The SMILES string of the molecule is O=C1CC[C@]2(c3ccccc3)N[C@H]3CCCC[C@H]3N12. The van der Waals surface area contributed by atoms with Gasteiger partial charge in [0.25, 0.3) is 0 Å². The molecule has 4 rings (SSSR count). The van der Waals surface area contributed by atoms with Crippen LogP contribution >= 0.6 is 0 Å². The van der Waals surface area contributed by atoms with Gasteiger partial charge in [-0.25, -0.2) is 0 Å². The summed E-state index contributed by atoms with van der Waals surface area (Å²) in [5.74, 6) is 0.339. The van der Waals surface area contributed by atoms with Crippen molar-refractivity contribution >= 4 is 5.91 Å². The van der Waals surface area contributed by atoms with Crippen molar-refractivity contribution in [3.8, 4) is 0 Å². The van der Waals surface area contributed by atoms with Crippen LogP contribution in [0, 0.1) is 0 Å². The topological polar surface area (TPSA) is 32.3 Å². The first kappa shape index (κ1) is 11.5. The average molecular weight is 256 g/mol. The van der Waals surface area contributed by atoms with Gasteiger partial charge in [-0.15, -0.1) is 0 Å². The number of rotatable bonds is 1. The number of nitrogens with one attached hydrogen (secondary N) is 1. The van der Waals surface area contributed by atoms with Gasteiger partial charge in [0, 0.05) is 18.5 Å². The van der Waals surface area contributed by atoms with Crippen molar-refractivity contribution in [2.45, 2.75) is 56.3 Å². The third-order valence-electron chi connectivity index (χ3n) is 5.12. The second kappa shape index (κ2) is 4.07. The van der Waals surface area contributed by atoms with Gasteiger partial charge in [0.1, 0.15) is 5.66 Å². The Balaban J connectivity index is 1.80. The quantitative estimate of drug-likeness (QED) is 0.836. The molecular weight excluding hydrogens is 236 g/mol. The molecule has 2 heterocycles. The molecule has 0 aromatic heterocycles. The maximum Gasteiger partial charge on any atom is 0.224 e. The Morgan fingerprint density at radius 1 is 1.16 bits per heavy atom. The number of carbonyl (C=O) groups is 1. The highest BCUT2D eigenvalue weighted by molar-refractivity contribution is 5.81. The predicted octanol–water partition coefficient (Wildman–Crippen LogP) is 2.38. The molecule has 0 spiro atoms. The molecule has 2 saturated heterocycles. The fraction of sp³-hybridized carbons (Fsp3) is 0.562. The van der Waals surface area contributed by atoms with Crippen LogP contribution in [0.25, 0.3) is 0 Å². The number of amides is 1. The van der Waals surface area contributed by atoms with Crippen molar-refractivity contribution in [1.82, 2.24) is 10.2 Å². The van der Waals surface area contributed by atoms with Crippen molar-refractivity contribution in [2.24, 2.45) is 0 Å². The monoisotopic (exact) mass is 256 g/mol. The average Bonchev–Trinajstić information content (AvgIpc) is 2.96. The van der Waals surface area contributed by atoms with Gasteiger partial charge in [-0.1, -0.05) is 43.2 Å². The second-order valence-electron chi connectivity index (χ2n) is 6.09. The number of nitrogens with zero attached hydrogens (tertiary/aromatic N) is 1. The molecule has 0 bridgehead atoms. The van der Waals surface area contributed by atoms with Crippen molar-refractivity contribution in [1.29, 1.82) is 0 Å². The summed E-state index contributed by atoms with van der Waals surface area (Å²) < 4.78 is 0. The fourth-order valence-electron chi connectivity index (χ4n) is 4.33. The summed E-state index contributed by atoms with van der Waals surface area (Å²) in [6, 6.07) is 11.4. The van der Waals surface area contributed by atoms with E-state index in [0.717, 1.165) is 12.8 Å². The number of fused-ring (bicyclic) bond motifs is 3. The summed E-state index contributed by atoms with van der Waals surface area (Å²) in [5.41, 5.74) is 1.05. The van der Waals surface area contributed by atoms with Crippen molar-refractivity contribution in [3.63, 3.8) is 0 Å². The lowest BCUT2D eigenvalue weighted by Gasteiger charge is -2.35. The van der Waals surface area contributed by atoms with Crippen LogP contribution in [-0.2, 0) is 10.5 Å². The number of benzene rings is 1. The zero-order chi connectivity index (χ0) is 12.9. The summed E-state index contributed by atoms with van der Waals surface area (Å²) in [5, 5.41) is 3.82. The Kier molecular flexibility index (Phi) is 2.46. The lowest BCUT2D eigenvalue weighted by molar-refractivity contribution is -0.132. The molecule has 1 saturated carbocycles. The van der Waals surface area contributed by atoms with Gasteiger partial charge in [0.05, 0.1) is 0 Å². The highest BCUT2D eigenvalue weighted by Gasteiger charge is 2.57. The molecule has 1 aliphatic carbocycles. The van der Waals surface area contributed by atoms with Crippen LogP contribution in [0.15, 0.2) is 30.3 Å². The van der Waals surface area contributed by atoms with Crippen molar-refractivity contribution < 1.29 is 4.79 Å². The van der Waals surface area contributed by atoms with E-state index in [1.165, 1.54) is 24.8 Å². The predicted molar refractivity (Wildman–Crippen MR) is 73.4 cm³/mol. The van der Waals surface area contributed by atoms with E-state index in [1.54, 1.807) is 0 Å². The molecule has 1 aromatic rings. The third-order valence-corrected chi connectivity index (χ3v) is 5.12. The minimum absolute atomic E-state index is 0.210. The minimum atomic E-state index is -0.210. The largest absolute Gasteiger partial charge is 0.316 e. The summed E-state index contributed by atoms with van der Waals surface area (Å²) >= 11 is 0. The van der Waals surface area contributed by atoms with E-state index in [1.807, 2.05) is 6.07 Å². The van der Waals surface area contributed by atoms with Gasteiger partial charge in [0.15, 0.2) is 0 Å². The van der Waals surface area contributed by atoms with Crippen LogP contribution in [-0.4, -0.2) is 22.9 Å². The Hall–Kier alpha value is -1.35. The fourth-order valence-corrected chi connectivity index (χ4v) is 4.33. The molecule has 0 radical (unpaired) electrons. The van der Waals surface area contributed by atoms with E-state index < -0.39 is 0 Å². The second-order valence-corrected chi connectivity index (χ2v) is 6.09. The summed E-state index contributed by atoms with van der Waals surface area (Å²) in [6.45, 7) is 0. The van der Waals surface area contributed by atoms with E-state index in [0.29, 0.717) is 24.4 Å². The third kappa shape index (κ3) is 1.51. The molecule has 0 unspecified atom stereocenters. The first-order chi connectivity index (χ1) is 9.31. The van der Waals surface area contributed by atoms with Gasteiger partial charge in [0.2, 0.25) is 5.91 Å². The molecule has 3 atom stereocenters. The van der Waals surface area contributed by atoms with Crippen LogP contribution in [0.3, 0.4) is 0 Å². The van der Waals surface area contributed by atoms with E-state index in [-0.39, 0.29) is 5.66 Å². The van der Waals surface area contributed by atoms with Crippen LogP contribution in [0.2, 0.25) is 0 Å². The molecule has 100 valence electrons. The molecule has 3 heteroatoms. The standard InChI is InChI=1S/C16H20N2O/c19-15-10-11-16(12-6-2-1-3-7-12)17-13-8-4-5-9-14(13)18(15)16/h1-3,6-7,13-14,17H,4-5,8-11H2/t13-,14+,16-/m0/s1. The summed E-state index contributed by atoms with van der Waals surface area (Å²) in [7, 11) is 0. The van der Waals surface area contributed by atoms with Crippen LogP contribution in [0.1, 0.15) is 44.1 Å². The van der Waals surface area contributed by atoms with E-state index >= 15 is 0 Å². The maximum atomic E-state index is 12.4. The summed E-state index contributed by atoms with van der Waals surface area (Å²) in [4.78, 5) is 14.6. The number of hydrogen-bond donors (Lipinski definition) is 1. The molecule has 1 N–H and O–H groups in total. The number of hydrogen-bond acceptors (Lipinski definition) is 2. The normalized spacial score (nSPS) is 37.3. The van der Waals surface area contributed by atoms with Gasteiger partial charge in [-0.05, 0) is 24.8 Å². The maximum absolute atomic E-state index is 12.4. The molecular formula is C16H20N2O. The van der Waals surface area contributed by atoms with E-state index in [2.05, 4.69) is 34.5 Å². The molecule has 1 aromatic carbocycles. The first-order valence-electron chi connectivity index (χ1n) is 7.47. The Labute approximate surface area is 114 Å². The van der Waals surface area contributed by atoms with E-state index in [4.69, 9.17) is 0 Å². The van der Waals surface area contributed by atoms with Crippen molar-refractivity contribution in [2.75, 3.05) is 0 Å². The lowest BCUT2D eigenvalue weighted by Crippen LogP contribution is -2.47. The van der Waals surface area contributed by atoms with Crippen LogP contribution in [0.4, 0.5) is 0 Å². The molecule has 1 amide bonds. The van der Waals surface area contributed by atoms with Gasteiger partial charge in [-0.3, -0.25) is 10.1 Å². The lowest BCUT2D eigenvalue weighted by atomic mass is 9.91. The van der Waals surface area contributed by atoms with Crippen molar-refractivity contribution in [3.05, 3.63) is 35.9 Å². The van der Waals surface area contributed by atoms with Gasteiger partial charge < -0.3 is 4.90 Å². The molecule has 19 heavy (non-hydrogen) atoms. The highest BCUT2D eigenvalue weighted by Crippen LogP contribution is 2.47. The Morgan fingerprint density at radius 2 is 1.95 bits per heavy atom. The van der Waals surface area contributed by atoms with E-state index in [9.17, 15) is 4.79 Å². The zero-order valence-electron chi connectivity index (χ0n) is 11.1. The highest BCUT2D eigenvalue weighted by atomic mass is 16.2. The van der Waals surface area contributed by atoms with Crippen LogP contribution in [0.5, 0.6) is 0 Å². The minimum Gasteiger partial charge on any atom is -0.316 e. The van der Waals surface area contributed by atoms with Crippen LogP contribution < -0.4 is 5.32 Å². The summed E-state index contributed by atoms with van der Waals surface area (Å²) in [6.07, 6.45) is 6.54. The van der Waals surface area contributed by atoms with Gasteiger partial charge >= 0.3 is 0 Å². The zero-order valence-corrected chi connectivity index (χ0v) is 11.1. The molecule has 3 aliphatic rings. The number of carbonyl (C=O) groups excluding carboxylic acids is 1. The molecule has 2 aliphatic heterocycles. The first-order valence-corrected chi connectivity index (χ1v) is 7.47.